The van der Waals surface area contributed by atoms with Crippen LogP contribution in [0, 0.1) is 11.8 Å². The van der Waals surface area contributed by atoms with Crippen molar-refractivity contribution in [2.24, 2.45) is 5.18 Å². The summed E-state index contributed by atoms with van der Waals surface area (Å²) >= 11 is 0. The molecule has 0 saturated heterocycles. The van der Waals surface area contributed by atoms with Gasteiger partial charge in [-0.15, -0.1) is 4.91 Å². The van der Waals surface area contributed by atoms with Gasteiger partial charge >= 0.3 is 5.69 Å². The van der Waals surface area contributed by atoms with Crippen LogP contribution in [-0.2, 0) is 0 Å². The van der Waals surface area contributed by atoms with Gasteiger partial charge in [-0.05, 0) is 12.1 Å². The van der Waals surface area contributed by atoms with Crippen LogP contribution < -0.4 is 5.69 Å². The van der Waals surface area contributed by atoms with E-state index in [1.807, 2.05) is 0 Å². The Morgan fingerprint density at radius 1 is 1.70 bits per heavy atom. The van der Waals surface area contributed by atoms with Gasteiger partial charge in [-0.2, -0.15) is 0 Å². The molecule has 0 aliphatic rings. The van der Waals surface area contributed by atoms with Gasteiger partial charge in [0.25, 0.3) is 0 Å². The molecule has 1 heterocycles. The van der Waals surface area contributed by atoms with Crippen molar-refractivity contribution < 1.29 is 0 Å². The number of nitrogens with one attached hydrogen (secondary N) is 1. The fourth-order valence-corrected chi connectivity index (χ4v) is 0.544. The van der Waals surface area contributed by atoms with Crippen LogP contribution >= 0.6 is 0 Å². The molecule has 1 aromatic rings. The van der Waals surface area contributed by atoms with E-state index in [1.54, 1.807) is 6.92 Å². The minimum Gasteiger partial charge on any atom is -0.287 e. The zero-order valence-electron chi connectivity index (χ0n) is 5.29. The molecule has 1 N–H and O–H groups in total. The summed E-state index contributed by atoms with van der Waals surface area (Å²) in [6.45, 7) is 1.64. The van der Waals surface area contributed by atoms with Crippen molar-refractivity contribution in [3.05, 3.63) is 27.2 Å². The van der Waals surface area contributed by atoms with E-state index in [4.69, 9.17) is 0 Å². The Kier molecular flexibility index (Phi) is 1.57. The molecule has 0 fully saturated rings. The lowest BCUT2D eigenvalue weighted by atomic mass is 10.4. The Hall–Kier alpha value is -1.52. The molecule has 0 spiro atoms. The van der Waals surface area contributed by atoms with Gasteiger partial charge in [-0.1, -0.05) is 0 Å². The zero-order valence-corrected chi connectivity index (χ0v) is 5.29. The third-order valence-electron chi connectivity index (χ3n) is 1.07. The monoisotopic (exact) mass is 139 g/mol. The molecule has 0 unspecified atom stereocenters. The van der Waals surface area contributed by atoms with Gasteiger partial charge in [-0.3, -0.25) is 4.98 Å². The van der Waals surface area contributed by atoms with Crippen molar-refractivity contribution in [3.8, 4) is 0 Å². The molecule has 1 rings (SSSR count). The van der Waals surface area contributed by atoms with Crippen molar-refractivity contribution in [3.63, 3.8) is 0 Å². The second kappa shape index (κ2) is 2.38. The third-order valence-corrected chi connectivity index (χ3v) is 1.07. The summed E-state index contributed by atoms with van der Waals surface area (Å²) < 4.78 is 0. The molecule has 0 aromatic carbocycles. The standard InChI is InChI=1S/C5H5N3O2/c1-3-2-6-5(9)7-4(3)8-10/h2H,1H3,(H,6,7,9). The average Bonchev–Trinajstić information content (AvgIpc) is 1.94. The Bertz CT molecular complexity index is 304. The van der Waals surface area contributed by atoms with E-state index in [2.05, 4.69) is 15.1 Å². The molecule has 0 radical (unpaired) electrons. The number of hydrogen-bond acceptors (Lipinski definition) is 4. The summed E-state index contributed by atoms with van der Waals surface area (Å²) in [6.07, 6.45) is 1.30. The highest BCUT2D eigenvalue weighted by Gasteiger charge is 1.96. The van der Waals surface area contributed by atoms with Gasteiger partial charge in [0, 0.05) is 11.8 Å². The smallest absolute Gasteiger partial charge is 0.287 e. The van der Waals surface area contributed by atoms with Gasteiger partial charge in [0.05, 0.1) is 0 Å². The van der Waals surface area contributed by atoms with Crippen LogP contribution in [0.4, 0.5) is 5.82 Å². The molecular weight excluding hydrogens is 134 g/mol. The first kappa shape index (κ1) is 6.60. The minimum absolute atomic E-state index is 0.0417. The summed E-state index contributed by atoms with van der Waals surface area (Å²) in [5.41, 5.74) is 0.00907. The van der Waals surface area contributed by atoms with E-state index >= 15 is 0 Å². The van der Waals surface area contributed by atoms with Crippen LogP contribution in [0.15, 0.2) is 16.2 Å². The average molecular weight is 139 g/mol. The van der Waals surface area contributed by atoms with Crippen molar-refractivity contribution in [1.82, 2.24) is 9.97 Å². The molecule has 1 aromatic heterocycles. The predicted molar refractivity (Wildman–Crippen MR) is 35.0 cm³/mol. The molecule has 0 aliphatic heterocycles. The van der Waals surface area contributed by atoms with E-state index in [0.29, 0.717) is 5.56 Å². The zero-order chi connectivity index (χ0) is 7.56. The normalized spacial score (nSPS) is 9.30. The summed E-state index contributed by atoms with van der Waals surface area (Å²) in [4.78, 5) is 25.9. The number of hydrogen-bond donors (Lipinski definition) is 1. The largest absolute Gasteiger partial charge is 0.346 e. The van der Waals surface area contributed by atoms with Crippen molar-refractivity contribution in [2.75, 3.05) is 0 Å². The van der Waals surface area contributed by atoms with Gasteiger partial charge in [0.2, 0.25) is 0 Å². The van der Waals surface area contributed by atoms with Crippen LogP contribution in [0.3, 0.4) is 0 Å². The number of nitrogens with zero attached hydrogens (tertiary/aromatic N) is 2. The number of aromatic amines is 1. The van der Waals surface area contributed by atoms with E-state index in [9.17, 15) is 9.70 Å². The van der Waals surface area contributed by atoms with Crippen LogP contribution in [0.25, 0.3) is 0 Å². The summed E-state index contributed by atoms with van der Waals surface area (Å²) in [7, 11) is 0. The summed E-state index contributed by atoms with van der Waals surface area (Å²) in [5, 5.41) is 2.59. The molecule has 0 amide bonds. The highest BCUT2D eigenvalue weighted by Crippen LogP contribution is 2.08. The molecular formula is C5H5N3O2. The van der Waals surface area contributed by atoms with Crippen LogP contribution in [0.1, 0.15) is 5.56 Å². The number of H-pyrrole nitrogens is 1. The highest BCUT2D eigenvalue weighted by atomic mass is 16.3. The van der Waals surface area contributed by atoms with Gasteiger partial charge in [0.15, 0.2) is 5.82 Å². The molecule has 5 heteroatoms. The maximum absolute atomic E-state index is 10.4. The summed E-state index contributed by atoms with van der Waals surface area (Å²) in [6, 6.07) is 0. The number of rotatable bonds is 1. The minimum atomic E-state index is -0.555. The van der Waals surface area contributed by atoms with Crippen molar-refractivity contribution >= 4 is 5.82 Å². The van der Waals surface area contributed by atoms with E-state index < -0.39 is 5.69 Å². The Morgan fingerprint density at radius 3 is 2.90 bits per heavy atom. The number of aryl methyl sites for hydroxylation is 1. The molecule has 0 bridgehead atoms. The van der Waals surface area contributed by atoms with Crippen molar-refractivity contribution in [2.45, 2.75) is 6.92 Å². The maximum Gasteiger partial charge on any atom is 0.346 e. The first-order valence-electron chi connectivity index (χ1n) is 2.63. The van der Waals surface area contributed by atoms with Crippen molar-refractivity contribution in [1.29, 1.82) is 0 Å². The fraction of sp³-hybridized carbons (Fsp3) is 0.200. The Morgan fingerprint density at radius 2 is 2.40 bits per heavy atom. The SMILES string of the molecule is Cc1cnc(=O)[nH]c1N=O. The van der Waals surface area contributed by atoms with E-state index in [1.165, 1.54) is 6.20 Å². The number of aromatic nitrogens is 2. The molecule has 5 nitrogen and oxygen atoms in total. The molecule has 52 valence electrons. The number of nitroso groups, excluding NO2 is 1. The van der Waals surface area contributed by atoms with Gasteiger partial charge in [-0.25, -0.2) is 9.78 Å². The Balaban J connectivity index is 3.35. The van der Waals surface area contributed by atoms with Crippen LogP contribution in [0.2, 0.25) is 0 Å². The lowest BCUT2D eigenvalue weighted by Crippen LogP contribution is -2.08. The second-order valence-corrected chi connectivity index (χ2v) is 1.81. The first-order valence-corrected chi connectivity index (χ1v) is 2.63. The second-order valence-electron chi connectivity index (χ2n) is 1.81. The lowest BCUT2D eigenvalue weighted by molar-refractivity contribution is 1.04. The third kappa shape index (κ3) is 1.07. The van der Waals surface area contributed by atoms with Crippen LogP contribution in [-0.4, -0.2) is 9.97 Å². The predicted octanol–water partition coefficient (Wildman–Crippen LogP) is 0.476. The van der Waals surface area contributed by atoms with Crippen LogP contribution in [0.5, 0.6) is 0 Å². The Labute approximate surface area is 56.1 Å². The van der Waals surface area contributed by atoms with E-state index in [-0.39, 0.29) is 5.82 Å². The van der Waals surface area contributed by atoms with Gasteiger partial charge in [0.1, 0.15) is 0 Å². The lowest BCUT2D eigenvalue weighted by Gasteiger charge is -1.90. The van der Waals surface area contributed by atoms with E-state index in [0.717, 1.165) is 0 Å². The summed E-state index contributed by atoms with van der Waals surface area (Å²) in [5.74, 6) is 0.0417. The topological polar surface area (TPSA) is 75.2 Å². The molecule has 0 aliphatic carbocycles. The first-order chi connectivity index (χ1) is 4.74. The maximum atomic E-state index is 10.4. The molecule has 0 atom stereocenters. The quantitative estimate of drug-likeness (QED) is 0.575. The molecule has 10 heavy (non-hydrogen) atoms. The fourth-order valence-electron chi connectivity index (χ4n) is 0.544. The molecule has 0 saturated carbocycles. The highest BCUT2D eigenvalue weighted by molar-refractivity contribution is 5.33. The van der Waals surface area contributed by atoms with Gasteiger partial charge < -0.3 is 0 Å².